The van der Waals surface area contributed by atoms with Crippen molar-refractivity contribution in [3.05, 3.63) is 23.7 Å². The fourth-order valence-electron chi connectivity index (χ4n) is 2.65. The molecule has 2 rings (SSSR count). The second-order valence-corrected chi connectivity index (χ2v) is 6.30. The number of carbonyl (C=O) groups is 1. The van der Waals surface area contributed by atoms with E-state index < -0.39 is 0 Å². The first kappa shape index (κ1) is 18.3. The number of furan rings is 1. The Hall–Kier alpha value is -2.02. The lowest BCUT2D eigenvalue weighted by atomic mass is 10.0. The van der Waals surface area contributed by atoms with Crippen molar-refractivity contribution in [3.8, 4) is 0 Å². The summed E-state index contributed by atoms with van der Waals surface area (Å²) < 4.78 is 10.9. The van der Waals surface area contributed by atoms with Crippen LogP contribution in [0.2, 0.25) is 0 Å². The molecule has 134 valence electrons. The lowest BCUT2D eigenvalue weighted by molar-refractivity contribution is 0.0243. The molecule has 0 bridgehead atoms. The summed E-state index contributed by atoms with van der Waals surface area (Å²) in [6.07, 6.45) is 4.49. The third kappa shape index (κ3) is 5.26. The minimum Gasteiger partial charge on any atom is -0.459 e. The van der Waals surface area contributed by atoms with Gasteiger partial charge in [0.1, 0.15) is 0 Å². The largest absolute Gasteiger partial charge is 0.459 e. The van der Waals surface area contributed by atoms with E-state index in [9.17, 15) is 4.79 Å². The van der Waals surface area contributed by atoms with Crippen LogP contribution in [-0.2, 0) is 4.74 Å². The van der Waals surface area contributed by atoms with Gasteiger partial charge in [0.2, 0.25) is 0 Å². The predicted octanol–water partition coefficient (Wildman–Crippen LogP) is 1.44. The van der Waals surface area contributed by atoms with Gasteiger partial charge in [0, 0.05) is 38.9 Å². The van der Waals surface area contributed by atoms with E-state index in [1.165, 1.54) is 6.26 Å². The molecule has 24 heavy (non-hydrogen) atoms. The number of nitrogens with zero attached hydrogens (tertiary/aromatic N) is 1. The van der Waals surface area contributed by atoms with E-state index in [-0.39, 0.29) is 11.5 Å². The summed E-state index contributed by atoms with van der Waals surface area (Å²) in [6, 6.07) is 1.78. The third-order valence-electron chi connectivity index (χ3n) is 4.15. The highest BCUT2D eigenvalue weighted by atomic mass is 16.5. The zero-order valence-corrected chi connectivity index (χ0v) is 14.8. The molecule has 0 radical (unpaired) electrons. The van der Waals surface area contributed by atoms with Crippen LogP contribution in [0.25, 0.3) is 0 Å². The maximum absolute atomic E-state index is 11.9. The fourth-order valence-corrected chi connectivity index (χ4v) is 2.65. The smallest absolute Gasteiger partial charge is 0.287 e. The standard InChI is InChI=1S/C17H28N4O3/c1-13-6-11-23-14(13)15(22)19-8-5-9-20-16(18-3)21-12-17(2)7-4-10-24-17/h6,11H,4-5,7-10,12H2,1-3H3,(H,19,22)(H2,18,20,21). The molecule has 2 heterocycles. The Morgan fingerprint density at radius 2 is 2.12 bits per heavy atom. The third-order valence-corrected chi connectivity index (χ3v) is 4.15. The second kappa shape index (κ2) is 8.73. The quantitative estimate of drug-likeness (QED) is 0.398. The molecule has 0 aliphatic carbocycles. The van der Waals surface area contributed by atoms with Gasteiger partial charge >= 0.3 is 0 Å². The van der Waals surface area contributed by atoms with Gasteiger partial charge in [-0.15, -0.1) is 0 Å². The van der Waals surface area contributed by atoms with Crippen LogP contribution < -0.4 is 16.0 Å². The molecule has 1 saturated heterocycles. The molecule has 1 amide bonds. The molecule has 1 aromatic heterocycles. The normalized spacial score (nSPS) is 20.9. The Kier molecular flexibility index (Phi) is 6.66. The van der Waals surface area contributed by atoms with Gasteiger partial charge in [-0.2, -0.15) is 0 Å². The van der Waals surface area contributed by atoms with Crippen molar-refractivity contribution in [1.29, 1.82) is 0 Å². The molecular weight excluding hydrogens is 308 g/mol. The van der Waals surface area contributed by atoms with Gasteiger partial charge in [-0.05, 0) is 39.2 Å². The van der Waals surface area contributed by atoms with Gasteiger partial charge in [-0.1, -0.05) is 0 Å². The van der Waals surface area contributed by atoms with Crippen LogP contribution in [0, 0.1) is 6.92 Å². The number of aliphatic imine (C=N–C) groups is 1. The Labute approximate surface area is 143 Å². The van der Waals surface area contributed by atoms with Crippen LogP contribution in [0.15, 0.2) is 21.7 Å². The van der Waals surface area contributed by atoms with Gasteiger partial charge in [0.25, 0.3) is 5.91 Å². The van der Waals surface area contributed by atoms with Gasteiger partial charge < -0.3 is 25.1 Å². The predicted molar refractivity (Wildman–Crippen MR) is 93.4 cm³/mol. The van der Waals surface area contributed by atoms with Crippen LogP contribution in [0.1, 0.15) is 42.3 Å². The number of guanidine groups is 1. The molecule has 1 aliphatic heterocycles. The molecule has 1 fully saturated rings. The zero-order chi connectivity index (χ0) is 17.4. The number of hydrogen-bond acceptors (Lipinski definition) is 4. The molecular formula is C17H28N4O3. The summed E-state index contributed by atoms with van der Waals surface area (Å²) in [6.45, 7) is 6.83. The van der Waals surface area contributed by atoms with Crippen molar-refractivity contribution < 1.29 is 13.9 Å². The Morgan fingerprint density at radius 1 is 1.33 bits per heavy atom. The average molecular weight is 336 g/mol. The van der Waals surface area contributed by atoms with Crippen LogP contribution in [0.5, 0.6) is 0 Å². The average Bonchev–Trinajstić information content (AvgIpc) is 3.19. The number of aryl methyl sites for hydroxylation is 1. The molecule has 0 spiro atoms. The minimum atomic E-state index is -0.175. The Balaban J connectivity index is 1.60. The summed E-state index contributed by atoms with van der Waals surface area (Å²) in [4.78, 5) is 16.1. The Morgan fingerprint density at radius 3 is 2.75 bits per heavy atom. The van der Waals surface area contributed by atoms with Crippen molar-refractivity contribution >= 4 is 11.9 Å². The highest BCUT2D eigenvalue weighted by molar-refractivity contribution is 5.92. The van der Waals surface area contributed by atoms with Crippen molar-refractivity contribution in [2.75, 3.05) is 33.3 Å². The van der Waals surface area contributed by atoms with Crippen molar-refractivity contribution in [2.24, 2.45) is 4.99 Å². The number of nitrogens with one attached hydrogen (secondary N) is 3. The molecule has 0 saturated carbocycles. The van der Waals surface area contributed by atoms with Crippen LogP contribution in [-0.4, -0.2) is 50.8 Å². The van der Waals surface area contributed by atoms with E-state index >= 15 is 0 Å². The first-order valence-corrected chi connectivity index (χ1v) is 8.45. The van der Waals surface area contributed by atoms with Gasteiger partial charge in [-0.3, -0.25) is 9.79 Å². The summed E-state index contributed by atoms with van der Waals surface area (Å²) >= 11 is 0. The Bertz CT molecular complexity index is 562. The maximum atomic E-state index is 11.9. The van der Waals surface area contributed by atoms with E-state index in [2.05, 4.69) is 27.9 Å². The number of ether oxygens (including phenoxy) is 1. The van der Waals surface area contributed by atoms with Crippen LogP contribution in [0.3, 0.4) is 0 Å². The van der Waals surface area contributed by atoms with Crippen molar-refractivity contribution in [1.82, 2.24) is 16.0 Å². The zero-order valence-electron chi connectivity index (χ0n) is 14.8. The summed E-state index contributed by atoms with van der Waals surface area (Å²) in [5, 5.41) is 9.38. The molecule has 1 aromatic rings. The van der Waals surface area contributed by atoms with E-state index in [1.807, 2.05) is 6.92 Å². The summed E-state index contributed by atoms with van der Waals surface area (Å²) in [5.74, 6) is 0.955. The number of amides is 1. The molecule has 0 aromatic carbocycles. The van der Waals surface area contributed by atoms with Crippen LogP contribution >= 0.6 is 0 Å². The molecule has 1 atom stereocenters. The van der Waals surface area contributed by atoms with E-state index in [4.69, 9.17) is 9.15 Å². The fraction of sp³-hybridized carbons (Fsp3) is 0.647. The molecule has 1 unspecified atom stereocenters. The first-order valence-electron chi connectivity index (χ1n) is 8.45. The number of hydrogen-bond donors (Lipinski definition) is 3. The monoisotopic (exact) mass is 336 g/mol. The lowest BCUT2D eigenvalue weighted by Crippen LogP contribution is -2.46. The van der Waals surface area contributed by atoms with Gasteiger partial charge in [0.15, 0.2) is 11.7 Å². The van der Waals surface area contributed by atoms with Gasteiger partial charge in [0.05, 0.1) is 11.9 Å². The lowest BCUT2D eigenvalue weighted by Gasteiger charge is -2.24. The summed E-state index contributed by atoms with van der Waals surface area (Å²) in [5.41, 5.74) is 0.741. The van der Waals surface area contributed by atoms with Crippen molar-refractivity contribution in [3.63, 3.8) is 0 Å². The molecule has 7 nitrogen and oxygen atoms in total. The highest BCUT2D eigenvalue weighted by Gasteiger charge is 2.29. The van der Waals surface area contributed by atoms with Gasteiger partial charge in [-0.25, -0.2) is 0 Å². The maximum Gasteiger partial charge on any atom is 0.287 e. The molecule has 3 N–H and O–H groups in total. The minimum absolute atomic E-state index is 0.105. The molecule has 1 aliphatic rings. The second-order valence-electron chi connectivity index (χ2n) is 6.30. The van der Waals surface area contributed by atoms with E-state index in [0.717, 1.165) is 43.9 Å². The number of carbonyl (C=O) groups excluding carboxylic acids is 1. The van der Waals surface area contributed by atoms with E-state index in [0.29, 0.717) is 18.8 Å². The van der Waals surface area contributed by atoms with Crippen molar-refractivity contribution in [2.45, 2.75) is 38.7 Å². The van der Waals surface area contributed by atoms with Crippen LogP contribution in [0.4, 0.5) is 0 Å². The SMILES string of the molecule is CN=C(NCCCNC(=O)c1occc1C)NCC1(C)CCCO1. The molecule has 7 heteroatoms. The number of rotatable bonds is 7. The topological polar surface area (TPSA) is 87.9 Å². The van der Waals surface area contributed by atoms with E-state index in [1.54, 1.807) is 13.1 Å². The highest BCUT2D eigenvalue weighted by Crippen LogP contribution is 2.23. The first-order chi connectivity index (χ1) is 11.5. The summed E-state index contributed by atoms with van der Waals surface area (Å²) in [7, 11) is 1.74.